The van der Waals surface area contributed by atoms with Crippen molar-refractivity contribution < 1.29 is 9.18 Å². The van der Waals surface area contributed by atoms with Crippen LogP contribution in [0.25, 0.3) is 0 Å². The summed E-state index contributed by atoms with van der Waals surface area (Å²) in [5.41, 5.74) is -0.00989. The molecular weight excluding hydrogens is 281 g/mol. The molecule has 6 heteroatoms. The minimum absolute atomic E-state index is 0.00989. The Morgan fingerprint density at radius 2 is 2.20 bits per heavy atom. The lowest BCUT2D eigenvalue weighted by molar-refractivity contribution is 0.0877. The molecular formula is C14H19ClFN3O. The number of halogens is 2. The zero-order chi connectivity index (χ0) is 14.7. The van der Waals surface area contributed by atoms with Gasteiger partial charge in [-0.3, -0.25) is 9.69 Å². The number of piperazine rings is 1. The molecule has 1 saturated heterocycles. The van der Waals surface area contributed by atoms with Gasteiger partial charge in [-0.1, -0.05) is 11.6 Å². The van der Waals surface area contributed by atoms with E-state index in [9.17, 15) is 9.18 Å². The van der Waals surface area contributed by atoms with Gasteiger partial charge in [0, 0.05) is 37.2 Å². The number of hydrogen-bond acceptors (Lipinski definition) is 3. The Hall–Kier alpha value is -1.17. The highest BCUT2D eigenvalue weighted by Gasteiger charge is 2.23. The monoisotopic (exact) mass is 299 g/mol. The van der Waals surface area contributed by atoms with Crippen LogP contribution in [-0.2, 0) is 0 Å². The molecule has 0 aromatic heterocycles. The van der Waals surface area contributed by atoms with Crippen LogP contribution in [0.15, 0.2) is 18.2 Å². The van der Waals surface area contributed by atoms with Gasteiger partial charge < -0.3 is 10.2 Å². The summed E-state index contributed by atoms with van der Waals surface area (Å²) >= 11 is 5.79. The number of likely N-dealkylation sites (N-methyl/N-ethyl adjacent to an activating group) is 2. The van der Waals surface area contributed by atoms with E-state index in [0.29, 0.717) is 11.6 Å². The summed E-state index contributed by atoms with van der Waals surface area (Å²) in [6, 6.07) is 4.22. The van der Waals surface area contributed by atoms with Crippen molar-refractivity contribution in [2.24, 2.45) is 0 Å². The topological polar surface area (TPSA) is 35.6 Å². The van der Waals surface area contributed by atoms with E-state index >= 15 is 0 Å². The molecule has 1 aliphatic heterocycles. The first-order valence-corrected chi connectivity index (χ1v) is 6.97. The van der Waals surface area contributed by atoms with Crippen molar-refractivity contribution in [3.05, 3.63) is 34.6 Å². The van der Waals surface area contributed by atoms with Crippen molar-refractivity contribution >= 4 is 17.5 Å². The van der Waals surface area contributed by atoms with Crippen molar-refractivity contribution in [2.45, 2.75) is 6.04 Å². The lowest BCUT2D eigenvalue weighted by Crippen LogP contribution is -2.54. The summed E-state index contributed by atoms with van der Waals surface area (Å²) in [7, 11) is 4.09. The lowest BCUT2D eigenvalue weighted by Gasteiger charge is -2.37. The third-order valence-corrected chi connectivity index (χ3v) is 3.89. The van der Waals surface area contributed by atoms with Crippen LogP contribution in [0.4, 0.5) is 4.39 Å². The SMILES string of the molecule is CN1CCN(C)C(CNC(=O)c2cc(Cl)ccc2F)C1. The van der Waals surface area contributed by atoms with Crippen LogP contribution in [0.1, 0.15) is 10.4 Å². The number of amides is 1. The van der Waals surface area contributed by atoms with Crippen molar-refractivity contribution in [1.29, 1.82) is 0 Å². The predicted octanol–water partition coefficient (Wildman–Crippen LogP) is 1.45. The molecule has 4 nitrogen and oxygen atoms in total. The van der Waals surface area contributed by atoms with Gasteiger partial charge in [0.1, 0.15) is 5.82 Å². The number of rotatable bonds is 3. The molecule has 1 fully saturated rings. The van der Waals surface area contributed by atoms with Crippen molar-refractivity contribution in [3.63, 3.8) is 0 Å². The Balaban J connectivity index is 1.96. The zero-order valence-electron chi connectivity index (χ0n) is 11.7. The predicted molar refractivity (Wildman–Crippen MR) is 77.7 cm³/mol. The highest BCUT2D eigenvalue weighted by atomic mass is 35.5. The molecule has 0 spiro atoms. The first kappa shape index (κ1) is 15.2. The lowest BCUT2D eigenvalue weighted by atomic mass is 10.1. The summed E-state index contributed by atoms with van der Waals surface area (Å²) in [6.45, 7) is 3.35. The third-order valence-electron chi connectivity index (χ3n) is 3.65. The van der Waals surface area contributed by atoms with Gasteiger partial charge in [0.2, 0.25) is 0 Å². The van der Waals surface area contributed by atoms with Crippen LogP contribution >= 0.6 is 11.6 Å². The summed E-state index contributed by atoms with van der Waals surface area (Å²) < 4.78 is 13.6. The normalized spacial score (nSPS) is 20.9. The first-order chi connectivity index (χ1) is 9.47. The summed E-state index contributed by atoms with van der Waals surface area (Å²) in [6.07, 6.45) is 0. The second-order valence-electron chi connectivity index (χ2n) is 5.23. The zero-order valence-corrected chi connectivity index (χ0v) is 12.5. The van der Waals surface area contributed by atoms with E-state index < -0.39 is 11.7 Å². The highest BCUT2D eigenvalue weighted by Crippen LogP contribution is 2.15. The summed E-state index contributed by atoms with van der Waals surface area (Å²) in [4.78, 5) is 16.4. The van der Waals surface area contributed by atoms with Gasteiger partial charge in [-0.2, -0.15) is 0 Å². The molecule has 1 aromatic rings. The second-order valence-corrected chi connectivity index (χ2v) is 5.67. The van der Waals surface area contributed by atoms with Gasteiger partial charge >= 0.3 is 0 Å². The summed E-state index contributed by atoms with van der Waals surface area (Å²) in [5.74, 6) is -0.979. The van der Waals surface area contributed by atoms with E-state index in [1.54, 1.807) is 0 Å². The molecule has 1 unspecified atom stereocenters. The Bertz CT molecular complexity index is 497. The van der Waals surface area contributed by atoms with E-state index in [0.717, 1.165) is 19.6 Å². The van der Waals surface area contributed by atoms with Gasteiger partial charge in [-0.05, 0) is 32.3 Å². The maximum absolute atomic E-state index is 13.6. The fourth-order valence-electron chi connectivity index (χ4n) is 2.30. The van der Waals surface area contributed by atoms with Gasteiger partial charge in [0.05, 0.1) is 5.56 Å². The molecule has 1 heterocycles. The fraction of sp³-hybridized carbons (Fsp3) is 0.500. The van der Waals surface area contributed by atoms with Crippen LogP contribution < -0.4 is 5.32 Å². The highest BCUT2D eigenvalue weighted by molar-refractivity contribution is 6.30. The molecule has 0 aliphatic carbocycles. The van der Waals surface area contributed by atoms with E-state index in [4.69, 9.17) is 11.6 Å². The maximum atomic E-state index is 13.6. The average Bonchev–Trinajstić information content (AvgIpc) is 2.42. The van der Waals surface area contributed by atoms with Crippen molar-refractivity contribution in [3.8, 4) is 0 Å². The number of carbonyl (C=O) groups is 1. The number of nitrogens with one attached hydrogen (secondary N) is 1. The number of hydrogen-bond donors (Lipinski definition) is 1. The second kappa shape index (κ2) is 6.52. The first-order valence-electron chi connectivity index (χ1n) is 6.59. The number of carbonyl (C=O) groups excluding carboxylic acids is 1. The van der Waals surface area contributed by atoms with Crippen molar-refractivity contribution in [2.75, 3.05) is 40.3 Å². The fourth-order valence-corrected chi connectivity index (χ4v) is 2.47. The molecule has 110 valence electrons. The Morgan fingerprint density at radius 3 is 2.95 bits per heavy atom. The molecule has 1 amide bonds. The Kier molecular flexibility index (Phi) is 4.96. The van der Waals surface area contributed by atoms with Crippen LogP contribution in [0.2, 0.25) is 5.02 Å². The molecule has 2 rings (SSSR count). The quantitative estimate of drug-likeness (QED) is 0.918. The number of nitrogens with zero attached hydrogens (tertiary/aromatic N) is 2. The Morgan fingerprint density at radius 1 is 1.45 bits per heavy atom. The van der Waals surface area contributed by atoms with Crippen molar-refractivity contribution in [1.82, 2.24) is 15.1 Å². The smallest absolute Gasteiger partial charge is 0.254 e. The third kappa shape index (κ3) is 3.69. The molecule has 0 saturated carbocycles. The molecule has 0 bridgehead atoms. The van der Waals surface area contributed by atoms with Crippen LogP contribution in [-0.4, -0.2) is 62.0 Å². The molecule has 1 aromatic carbocycles. The van der Waals surface area contributed by atoms with Gasteiger partial charge in [-0.15, -0.1) is 0 Å². The Labute approximate surface area is 123 Å². The van der Waals surface area contributed by atoms with Crippen LogP contribution in [0, 0.1) is 5.82 Å². The largest absolute Gasteiger partial charge is 0.350 e. The van der Waals surface area contributed by atoms with E-state index in [-0.39, 0.29) is 11.6 Å². The molecule has 0 radical (unpaired) electrons. The minimum atomic E-state index is -0.555. The average molecular weight is 300 g/mol. The van der Waals surface area contributed by atoms with Crippen LogP contribution in [0.5, 0.6) is 0 Å². The van der Waals surface area contributed by atoms with E-state index in [1.807, 2.05) is 7.05 Å². The van der Waals surface area contributed by atoms with E-state index in [1.165, 1.54) is 18.2 Å². The van der Waals surface area contributed by atoms with Gasteiger partial charge in [0.15, 0.2) is 0 Å². The molecule has 1 N–H and O–H groups in total. The minimum Gasteiger partial charge on any atom is -0.350 e. The molecule has 1 aliphatic rings. The summed E-state index contributed by atoms with van der Waals surface area (Å²) in [5, 5.41) is 3.13. The van der Waals surface area contributed by atoms with Gasteiger partial charge in [0.25, 0.3) is 5.91 Å². The number of benzene rings is 1. The molecule has 20 heavy (non-hydrogen) atoms. The maximum Gasteiger partial charge on any atom is 0.254 e. The van der Waals surface area contributed by atoms with Crippen LogP contribution in [0.3, 0.4) is 0 Å². The van der Waals surface area contributed by atoms with Gasteiger partial charge in [-0.25, -0.2) is 4.39 Å². The van der Waals surface area contributed by atoms with E-state index in [2.05, 4.69) is 22.2 Å². The molecule has 1 atom stereocenters. The standard InChI is InChI=1S/C14H19ClFN3O/c1-18-5-6-19(2)11(9-18)8-17-14(20)12-7-10(15)3-4-13(12)16/h3-4,7,11H,5-6,8-9H2,1-2H3,(H,17,20).